The minimum Gasteiger partial charge on any atom is -0.495 e. The van der Waals surface area contributed by atoms with E-state index < -0.39 is 27.7 Å². The molecule has 10 heteroatoms. The van der Waals surface area contributed by atoms with Crippen molar-refractivity contribution in [1.82, 2.24) is 5.32 Å². The first-order valence-corrected chi connectivity index (χ1v) is 11.3. The van der Waals surface area contributed by atoms with Crippen LogP contribution in [0.2, 0.25) is 0 Å². The van der Waals surface area contributed by atoms with Gasteiger partial charge in [-0.15, -0.1) is 0 Å². The summed E-state index contributed by atoms with van der Waals surface area (Å²) >= 11 is 0. The molecule has 0 aliphatic carbocycles. The van der Waals surface area contributed by atoms with Crippen molar-refractivity contribution in [2.75, 3.05) is 18.4 Å². The van der Waals surface area contributed by atoms with Crippen LogP contribution in [0.5, 0.6) is 5.75 Å². The van der Waals surface area contributed by atoms with Gasteiger partial charge in [-0.1, -0.05) is 36.4 Å². The molecule has 6 nitrogen and oxygen atoms in total. The summed E-state index contributed by atoms with van der Waals surface area (Å²) < 4.78 is 72.4. The van der Waals surface area contributed by atoms with E-state index in [-0.39, 0.29) is 34.7 Å². The molecule has 3 rings (SSSR count). The maximum absolute atomic E-state index is 13.1. The highest BCUT2D eigenvalue weighted by Crippen LogP contribution is 2.32. The van der Waals surface area contributed by atoms with E-state index in [4.69, 9.17) is 4.74 Å². The zero-order chi connectivity index (χ0) is 24.1. The molecule has 0 aliphatic rings. The Labute approximate surface area is 189 Å². The highest BCUT2D eigenvalue weighted by molar-refractivity contribution is 7.92. The number of carbonyl (C=O) groups is 1. The highest BCUT2D eigenvalue weighted by atomic mass is 32.2. The largest absolute Gasteiger partial charge is 0.495 e. The number of alkyl halides is 3. The number of halogens is 3. The van der Waals surface area contributed by atoms with Gasteiger partial charge in [-0.3, -0.25) is 9.52 Å². The van der Waals surface area contributed by atoms with E-state index >= 15 is 0 Å². The molecule has 0 aromatic heterocycles. The lowest BCUT2D eigenvalue weighted by molar-refractivity contribution is -0.138. The zero-order valence-electron chi connectivity index (χ0n) is 17.5. The van der Waals surface area contributed by atoms with Crippen molar-refractivity contribution >= 4 is 21.6 Å². The number of ether oxygens (including phenoxy) is 1. The van der Waals surface area contributed by atoms with Gasteiger partial charge in [-0.25, -0.2) is 8.42 Å². The van der Waals surface area contributed by atoms with Crippen LogP contribution in [0, 0.1) is 0 Å². The van der Waals surface area contributed by atoms with Crippen molar-refractivity contribution in [2.24, 2.45) is 0 Å². The molecule has 0 spiro atoms. The van der Waals surface area contributed by atoms with E-state index in [2.05, 4.69) is 10.0 Å². The van der Waals surface area contributed by atoms with E-state index in [1.165, 1.54) is 55.6 Å². The summed E-state index contributed by atoms with van der Waals surface area (Å²) in [7, 11) is -2.61. The number of methoxy groups -OCH3 is 1. The molecule has 0 fully saturated rings. The second-order valence-corrected chi connectivity index (χ2v) is 8.68. The Morgan fingerprint density at radius 1 is 0.970 bits per heavy atom. The lowest BCUT2D eigenvalue weighted by Gasteiger charge is -2.13. The molecule has 0 bridgehead atoms. The summed E-state index contributed by atoms with van der Waals surface area (Å²) in [5.74, 6) is -0.275. The highest BCUT2D eigenvalue weighted by Gasteiger charge is 2.32. The predicted molar refractivity (Wildman–Crippen MR) is 118 cm³/mol. The molecular weight excluding hydrogens is 457 g/mol. The second kappa shape index (κ2) is 9.95. The quantitative estimate of drug-likeness (QED) is 0.500. The molecule has 0 radical (unpaired) electrons. The van der Waals surface area contributed by atoms with Gasteiger partial charge in [0.2, 0.25) is 0 Å². The van der Waals surface area contributed by atoms with Crippen LogP contribution in [0.25, 0.3) is 0 Å². The Kier molecular flexibility index (Phi) is 7.27. The number of anilines is 1. The third-order valence-electron chi connectivity index (χ3n) is 4.76. The van der Waals surface area contributed by atoms with Crippen LogP contribution in [-0.4, -0.2) is 28.0 Å². The first-order valence-electron chi connectivity index (χ1n) is 9.81. The van der Waals surface area contributed by atoms with Crippen LogP contribution in [0.15, 0.2) is 77.7 Å². The molecule has 0 saturated heterocycles. The first kappa shape index (κ1) is 24.1. The van der Waals surface area contributed by atoms with Gasteiger partial charge in [-0.05, 0) is 48.4 Å². The van der Waals surface area contributed by atoms with Crippen LogP contribution in [-0.2, 0) is 22.6 Å². The van der Waals surface area contributed by atoms with Gasteiger partial charge < -0.3 is 10.1 Å². The SMILES string of the molecule is COc1ccccc1NS(=O)(=O)c1cccc(C(=O)NCCc2ccccc2C(F)(F)F)c1. The average molecular weight is 478 g/mol. The number of carbonyl (C=O) groups excluding carboxylic acids is 1. The monoisotopic (exact) mass is 478 g/mol. The van der Waals surface area contributed by atoms with Gasteiger partial charge >= 0.3 is 6.18 Å². The maximum atomic E-state index is 13.1. The molecule has 0 saturated carbocycles. The third kappa shape index (κ3) is 6.04. The Hall–Kier alpha value is -3.53. The van der Waals surface area contributed by atoms with E-state index in [1.807, 2.05) is 0 Å². The van der Waals surface area contributed by atoms with Crippen molar-refractivity contribution < 1.29 is 31.1 Å². The standard InChI is InChI=1S/C23H21F3N2O4S/c1-32-21-12-5-4-11-20(21)28-33(30,31)18-9-6-8-17(15-18)22(29)27-14-13-16-7-2-3-10-19(16)23(24,25)26/h2-12,15,28H,13-14H2,1H3,(H,27,29). The molecular formula is C23H21F3N2O4S. The molecule has 33 heavy (non-hydrogen) atoms. The molecule has 1 amide bonds. The number of para-hydroxylation sites is 2. The van der Waals surface area contributed by atoms with Crippen molar-refractivity contribution in [3.05, 3.63) is 89.5 Å². The average Bonchev–Trinajstić information content (AvgIpc) is 2.79. The Bertz CT molecular complexity index is 1240. The molecule has 0 heterocycles. The zero-order valence-corrected chi connectivity index (χ0v) is 18.3. The number of nitrogens with one attached hydrogen (secondary N) is 2. The molecule has 174 valence electrons. The molecule has 3 aromatic rings. The smallest absolute Gasteiger partial charge is 0.416 e. The summed E-state index contributed by atoms with van der Waals surface area (Å²) in [6.45, 7) is -0.0532. The fraction of sp³-hybridized carbons (Fsp3) is 0.174. The summed E-state index contributed by atoms with van der Waals surface area (Å²) in [6, 6.07) is 16.9. The van der Waals surface area contributed by atoms with Gasteiger partial charge in [0.25, 0.3) is 15.9 Å². The first-order chi connectivity index (χ1) is 15.6. The number of hydrogen-bond donors (Lipinski definition) is 2. The maximum Gasteiger partial charge on any atom is 0.416 e. The molecule has 0 aliphatic heterocycles. The summed E-state index contributed by atoms with van der Waals surface area (Å²) in [5.41, 5.74) is -0.405. The molecule has 0 unspecified atom stereocenters. The van der Waals surface area contributed by atoms with Crippen LogP contribution < -0.4 is 14.8 Å². The lowest BCUT2D eigenvalue weighted by atomic mass is 10.0. The minimum absolute atomic E-state index is 0.0330. The fourth-order valence-corrected chi connectivity index (χ4v) is 4.28. The molecule has 0 atom stereocenters. The summed E-state index contributed by atoms with van der Waals surface area (Å²) in [5, 5.41) is 2.53. The Balaban J connectivity index is 1.70. The van der Waals surface area contributed by atoms with Crippen LogP contribution >= 0.6 is 0 Å². The van der Waals surface area contributed by atoms with E-state index in [0.29, 0.717) is 5.75 Å². The van der Waals surface area contributed by atoms with Crippen LogP contribution in [0.3, 0.4) is 0 Å². The fourth-order valence-electron chi connectivity index (χ4n) is 3.16. The van der Waals surface area contributed by atoms with Gasteiger partial charge in [0.1, 0.15) is 5.75 Å². The van der Waals surface area contributed by atoms with Crippen molar-refractivity contribution in [3.8, 4) is 5.75 Å². The second-order valence-electron chi connectivity index (χ2n) is 6.99. The molecule has 2 N–H and O–H groups in total. The van der Waals surface area contributed by atoms with Gasteiger partial charge in [-0.2, -0.15) is 13.2 Å². The van der Waals surface area contributed by atoms with Crippen molar-refractivity contribution in [1.29, 1.82) is 0 Å². The van der Waals surface area contributed by atoms with E-state index in [1.54, 1.807) is 18.2 Å². The minimum atomic E-state index is -4.49. The third-order valence-corrected chi connectivity index (χ3v) is 6.12. The van der Waals surface area contributed by atoms with Gasteiger partial charge in [0.15, 0.2) is 0 Å². The lowest BCUT2D eigenvalue weighted by Crippen LogP contribution is -2.26. The van der Waals surface area contributed by atoms with Gasteiger partial charge in [0.05, 0.1) is 23.3 Å². The Morgan fingerprint density at radius 3 is 2.39 bits per heavy atom. The topological polar surface area (TPSA) is 84.5 Å². The summed E-state index contributed by atoms with van der Waals surface area (Å²) in [6.07, 6.45) is -4.52. The van der Waals surface area contributed by atoms with E-state index in [9.17, 15) is 26.4 Å². The predicted octanol–water partition coefficient (Wildman–Crippen LogP) is 4.49. The number of benzene rings is 3. The van der Waals surface area contributed by atoms with Crippen molar-refractivity contribution in [3.63, 3.8) is 0 Å². The number of hydrogen-bond acceptors (Lipinski definition) is 4. The van der Waals surface area contributed by atoms with Crippen molar-refractivity contribution in [2.45, 2.75) is 17.5 Å². The summed E-state index contributed by atoms with van der Waals surface area (Å²) in [4.78, 5) is 12.3. The van der Waals surface area contributed by atoms with E-state index in [0.717, 1.165) is 6.07 Å². The van der Waals surface area contributed by atoms with Gasteiger partial charge in [0, 0.05) is 12.1 Å². The van der Waals surface area contributed by atoms with Crippen LogP contribution in [0.1, 0.15) is 21.5 Å². The number of sulfonamides is 1. The number of rotatable bonds is 8. The number of amides is 1. The normalized spacial score (nSPS) is 11.6. The molecule has 3 aromatic carbocycles. The Morgan fingerprint density at radius 2 is 1.67 bits per heavy atom. The van der Waals surface area contributed by atoms with Crippen LogP contribution in [0.4, 0.5) is 18.9 Å².